The Kier molecular flexibility index (Phi) is 4.24. The first-order valence-corrected chi connectivity index (χ1v) is 7.54. The number of carbonyl (C=O) groups excluding carboxylic acids is 1. The lowest BCUT2D eigenvalue weighted by Crippen LogP contribution is -2.34. The van der Waals surface area contributed by atoms with E-state index in [1.807, 2.05) is 19.3 Å². The van der Waals surface area contributed by atoms with Gasteiger partial charge in [-0.3, -0.25) is 14.7 Å². The maximum atomic E-state index is 12.4. The van der Waals surface area contributed by atoms with Crippen molar-refractivity contribution in [3.8, 4) is 0 Å². The standard InChI is InChI=1S/C17H21N3O2/c1-19-8-5-14(16(19)13-4-3-7-18-10-13)11-20(2)17(21)15-6-9-22-12-15/h3-4,6-7,9-10,12,14,16H,5,8,11H2,1-2H3/t14-,16-/m0/s1. The van der Waals surface area contributed by atoms with Gasteiger partial charge in [-0.2, -0.15) is 0 Å². The number of aromatic nitrogens is 1. The molecular formula is C17H21N3O2. The molecule has 0 bridgehead atoms. The summed E-state index contributed by atoms with van der Waals surface area (Å²) in [7, 11) is 3.99. The highest BCUT2D eigenvalue weighted by molar-refractivity contribution is 5.93. The predicted octanol–water partition coefficient (Wildman–Crippen LogP) is 2.44. The van der Waals surface area contributed by atoms with Crippen molar-refractivity contribution in [1.82, 2.24) is 14.8 Å². The van der Waals surface area contributed by atoms with Crippen LogP contribution in [0.2, 0.25) is 0 Å². The molecule has 1 fully saturated rings. The highest BCUT2D eigenvalue weighted by Crippen LogP contribution is 2.36. The topological polar surface area (TPSA) is 49.6 Å². The summed E-state index contributed by atoms with van der Waals surface area (Å²) in [5.41, 5.74) is 1.82. The summed E-state index contributed by atoms with van der Waals surface area (Å²) < 4.78 is 5.00. The minimum atomic E-state index is 0.00763. The Balaban J connectivity index is 1.72. The van der Waals surface area contributed by atoms with E-state index in [1.54, 1.807) is 17.2 Å². The van der Waals surface area contributed by atoms with Crippen LogP contribution < -0.4 is 0 Å². The van der Waals surface area contributed by atoms with Crippen LogP contribution >= 0.6 is 0 Å². The van der Waals surface area contributed by atoms with Crippen molar-refractivity contribution >= 4 is 5.91 Å². The van der Waals surface area contributed by atoms with Crippen LogP contribution in [0.1, 0.15) is 28.4 Å². The van der Waals surface area contributed by atoms with E-state index >= 15 is 0 Å². The van der Waals surface area contributed by atoms with E-state index in [4.69, 9.17) is 4.42 Å². The Morgan fingerprint density at radius 1 is 1.50 bits per heavy atom. The second-order valence-corrected chi connectivity index (χ2v) is 5.96. The van der Waals surface area contributed by atoms with Gasteiger partial charge in [0.25, 0.3) is 5.91 Å². The largest absolute Gasteiger partial charge is 0.472 e. The number of likely N-dealkylation sites (tertiary alicyclic amines) is 1. The molecule has 0 unspecified atom stereocenters. The third kappa shape index (κ3) is 2.90. The average molecular weight is 299 g/mol. The number of amides is 1. The minimum absolute atomic E-state index is 0.00763. The number of nitrogens with zero attached hydrogens (tertiary/aromatic N) is 3. The fourth-order valence-corrected chi connectivity index (χ4v) is 3.34. The summed E-state index contributed by atoms with van der Waals surface area (Å²) in [4.78, 5) is 20.7. The normalized spacial score (nSPS) is 21.9. The summed E-state index contributed by atoms with van der Waals surface area (Å²) in [6.45, 7) is 1.77. The van der Waals surface area contributed by atoms with Crippen molar-refractivity contribution in [3.05, 3.63) is 54.2 Å². The fourth-order valence-electron chi connectivity index (χ4n) is 3.34. The lowest BCUT2D eigenvalue weighted by atomic mass is 9.94. The summed E-state index contributed by atoms with van der Waals surface area (Å²) in [6.07, 6.45) is 7.83. The molecule has 3 heterocycles. The number of hydrogen-bond donors (Lipinski definition) is 0. The maximum Gasteiger partial charge on any atom is 0.256 e. The molecule has 0 saturated carbocycles. The van der Waals surface area contributed by atoms with Gasteiger partial charge in [-0.1, -0.05) is 6.07 Å². The Hall–Kier alpha value is -2.14. The van der Waals surface area contributed by atoms with E-state index in [2.05, 4.69) is 23.0 Å². The molecule has 0 aliphatic carbocycles. The highest BCUT2D eigenvalue weighted by atomic mass is 16.3. The Morgan fingerprint density at radius 2 is 2.36 bits per heavy atom. The van der Waals surface area contributed by atoms with E-state index in [1.165, 1.54) is 18.1 Å². The van der Waals surface area contributed by atoms with E-state index in [0.29, 0.717) is 17.5 Å². The van der Waals surface area contributed by atoms with Crippen LogP contribution in [-0.2, 0) is 0 Å². The molecule has 0 radical (unpaired) electrons. The molecule has 5 heteroatoms. The van der Waals surface area contributed by atoms with Crippen LogP contribution in [0.15, 0.2) is 47.5 Å². The molecule has 2 aromatic rings. The van der Waals surface area contributed by atoms with Gasteiger partial charge in [-0.25, -0.2) is 0 Å². The number of rotatable bonds is 4. The van der Waals surface area contributed by atoms with Crippen LogP contribution in [-0.4, -0.2) is 47.9 Å². The van der Waals surface area contributed by atoms with Crippen molar-refractivity contribution in [2.75, 3.05) is 27.2 Å². The SMILES string of the molecule is CN(C[C@@H]1CCN(C)[C@H]1c1cccnc1)C(=O)c1ccoc1. The van der Waals surface area contributed by atoms with Crippen LogP contribution in [0.5, 0.6) is 0 Å². The summed E-state index contributed by atoms with van der Waals surface area (Å²) in [6, 6.07) is 6.11. The second kappa shape index (κ2) is 6.32. The van der Waals surface area contributed by atoms with Gasteiger partial charge in [0, 0.05) is 32.0 Å². The molecule has 0 aromatic carbocycles. The van der Waals surface area contributed by atoms with Crippen LogP contribution in [0, 0.1) is 5.92 Å². The highest BCUT2D eigenvalue weighted by Gasteiger charge is 2.34. The Labute approximate surface area is 130 Å². The summed E-state index contributed by atoms with van der Waals surface area (Å²) >= 11 is 0. The molecule has 1 saturated heterocycles. The monoisotopic (exact) mass is 299 g/mol. The first kappa shape index (κ1) is 14.8. The quantitative estimate of drug-likeness (QED) is 0.870. The van der Waals surface area contributed by atoms with Crippen molar-refractivity contribution in [2.24, 2.45) is 5.92 Å². The third-order valence-electron chi connectivity index (χ3n) is 4.42. The zero-order valence-corrected chi connectivity index (χ0v) is 13.0. The van der Waals surface area contributed by atoms with Crippen LogP contribution in [0.25, 0.3) is 0 Å². The zero-order valence-electron chi connectivity index (χ0n) is 13.0. The van der Waals surface area contributed by atoms with Gasteiger partial charge in [0.1, 0.15) is 6.26 Å². The second-order valence-electron chi connectivity index (χ2n) is 5.96. The number of pyridine rings is 1. The summed E-state index contributed by atoms with van der Waals surface area (Å²) in [5.74, 6) is 0.420. The van der Waals surface area contributed by atoms with Gasteiger partial charge in [0.2, 0.25) is 0 Å². The van der Waals surface area contributed by atoms with Crippen molar-refractivity contribution in [1.29, 1.82) is 0 Å². The molecule has 2 atom stereocenters. The molecule has 1 aliphatic heterocycles. The molecule has 3 rings (SSSR count). The van der Waals surface area contributed by atoms with E-state index < -0.39 is 0 Å². The van der Waals surface area contributed by atoms with Gasteiger partial charge in [0.05, 0.1) is 11.8 Å². The zero-order chi connectivity index (χ0) is 15.5. The lowest BCUT2D eigenvalue weighted by molar-refractivity contribution is 0.0760. The fraction of sp³-hybridized carbons (Fsp3) is 0.412. The van der Waals surface area contributed by atoms with Gasteiger partial charge in [0.15, 0.2) is 0 Å². The Bertz CT molecular complexity index is 612. The van der Waals surface area contributed by atoms with Gasteiger partial charge >= 0.3 is 0 Å². The minimum Gasteiger partial charge on any atom is -0.472 e. The molecule has 1 aliphatic rings. The number of hydrogen-bond acceptors (Lipinski definition) is 4. The number of carbonyl (C=O) groups is 1. The first-order chi connectivity index (χ1) is 10.7. The lowest BCUT2D eigenvalue weighted by Gasteiger charge is -2.28. The van der Waals surface area contributed by atoms with Crippen molar-refractivity contribution < 1.29 is 9.21 Å². The van der Waals surface area contributed by atoms with E-state index in [-0.39, 0.29) is 5.91 Å². The van der Waals surface area contributed by atoms with Gasteiger partial charge in [-0.05, 0) is 43.6 Å². The molecule has 0 spiro atoms. The smallest absolute Gasteiger partial charge is 0.256 e. The summed E-state index contributed by atoms with van der Waals surface area (Å²) in [5, 5.41) is 0. The molecular weight excluding hydrogens is 278 g/mol. The number of furan rings is 1. The third-order valence-corrected chi connectivity index (χ3v) is 4.42. The molecule has 1 amide bonds. The van der Waals surface area contributed by atoms with Crippen LogP contribution in [0.3, 0.4) is 0 Å². The molecule has 0 N–H and O–H groups in total. The van der Waals surface area contributed by atoms with Crippen LogP contribution in [0.4, 0.5) is 0 Å². The average Bonchev–Trinajstić information content (AvgIpc) is 3.18. The first-order valence-electron chi connectivity index (χ1n) is 7.54. The van der Waals surface area contributed by atoms with E-state index in [9.17, 15) is 4.79 Å². The molecule has 22 heavy (non-hydrogen) atoms. The van der Waals surface area contributed by atoms with Gasteiger partial charge < -0.3 is 9.32 Å². The van der Waals surface area contributed by atoms with Crippen molar-refractivity contribution in [2.45, 2.75) is 12.5 Å². The predicted molar refractivity (Wildman–Crippen MR) is 83.4 cm³/mol. The van der Waals surface area contributed by atoms with E-state index in [0.717, 1.165) is 19.5 Å². The Morgan fingerprint density at radius 3 is 3.05 bits per heavy atom. The van der Waals surface area contributed by atoms with Gasteiger partial charge in [-0.15, -0.1) is 0 Å². The maximum absolute atomic E-state index is 12.4. The molecule has 5 nitrogen and oxygen atoms in total. The van der Waals surface area contributed by atoms with Crippen molar-refractivity contribution in [3.63, 3.8) is 0 Å². The molecule has 116 valence electrons. The molecule has 2 aromatic heterocycles.